The Bertz CT molecular complexity index is 223. The van der Waals surface area contributed by atoms with Crippen molar-refractivity contribution in [3.05, 3.63) is 37.1 Å². The number of allylic oxidation sites excluding steroid dienone is 3. The second kappa shape index (κ2) is 3.18. The Labute approximate surface area is 74.9 Å². The van der Waals surface area contributed by atoms with E-state index in [9.17, 15) is 0 Å². The summed E-state index contributed by atoms with van der Waals surface area (Å²) in [6, 6.07) is 0.613. The molecule has 0 spiro atoms. The van der Waals surface area contributed by atoms with E-state index in [1.165, 1.54) is 6.42 Å². The Morgan fingerprint density at radius 1 is 1.50 bits per heavy atom. The molecule has 0 aromatic heterocycles. The molecule has 1 fully saturated rings. The predicted octanol–water partition coefficient (Wildman–Crippen LogP) is 2.63. The fraction of sp³-hybridized carbons (Fsp3) is 0.455. The molecule has 0 saturated heterocycles. The molecule has 12 heavy (non-hydrogen) atoms. The highest BCUT2D eigenvalue weighted by atomic mass is 15.0. The van der Waals surface area contributed by atoms with Crippen molar-refractivity contribution < 1.29 is 0 Å². The van der Waals surface area contributed by atoms with Gasteiger partial charge in [0.2, 0.25) is 0 Å². The first-order chi connectivity index (χ1) is 5.60. The van der Waals surface area contributed by atoms with Crippen LogP contribution in [0.25, 0.3) is 0 Å². The van der Waals surface area contributed by atoms with E-state index in [0.29, 0.717) is 11.5 Å². The minimum Gasteiger partial charge on any atom is -0.382 e. The Balaban J connectivity index is 2.45. The molecule has 0 amide bonds. The van der Waals surface area contributed by atoms with E-state index in [0.717, 1.165) is 5.70 Å². The van der Waals surface area contributed by atoms with E-state index in [-0.39, 0.29) is 0 Å². The van der Waals surface area contributed by atoms with Crippen LogP contribution in [0, 0.1) is 5.41 Å². The molecular formula is C11H17N. The van der Waals surface area contributed by atoms with Crippen molar-refractivity contribution >= 4 is 0 Å². The van der Waals surface area contributed by atoms with Crippen molar-refractivity contribution in [1.82, 2.24) is 5.32 Å². The Kier molecular flexibility index (Phi) is 2.41. The van der Waals surface area contributed by atoms with Crippen LogP contribution in [-0.4, -0.2) is 6.04 Å². The van der Waals surface area contributed by atoms with Gasteiger partial charge in [0.05, 0.1) is 0 Å². The zero-order valence-corrected chi connectivity index (χ0v) is 7.93. The molecule has 1 heteroatoms. The molecule has 1 saturated carbocycles. The molecule has 1 aliphatic rings. The largest absolute Gasteiger partial charge is 0.382 e. The molecule has 0 bridgehead atoms. The average molecular weight is 163 g/mol. The predicted molar refractivity (Wildman–Crippen MR) is 53.8 cm³/mol. The third-order valence-corrected chi connectivity index (χ3v) is 2.37. The van der Waals surface area contributed by atoms with Gasteiger partial charge in [0.25, 0.3) is 0 Å². The van der Waals surface area contributed by atoms with E-state index >= 15 is 0 Å². The first-order valence-corrected chi connectivity index (χ1v) is 4.32. The third-order valence-electron chi connectivity index (χ3n) is 2.37. The molecule has 1 aliphatic carbocycles. The lowest BCUT2D eigenvalue weighted by Crippen LogP contribution is -2.18. The Morgan fingerprint density at radius 2 is 2.08 bits per heavy atom. The second-order valence-electron chi connectivity index (χ2n) is 3.95. The zero-order valence-electron chi connectivity index (χ0n) is 7.93. The molecule has 0 aliphatic heterocycles. The monoisotopic (exact) mass is 163 g/mol. The van der Waals surface area contributed by atoms with Crippen LogP contribution < -0.4 is 5.32 Å². The van der Waals surface area contributed by atoms with Crippen LogP contribution in [0.15, 0.2) is 37.1 Å². The summed E-state index contributed by atoms with van der Waals surface area (Å²) >= 11 is 0. The van der Waals surface area contributed by atoms with Crippen LogP contribution in [0.4, 0.5) is 0 Å². The summed E-state index contributed by atoms with van der Waals surface area (Å²) in [5.74, 6) is 0. The van der Waals surface area contributed by atoms with Crippen molar-refractivity contribution in [2.45, 2.75) is 26.3 Å². The van der Waals surface area contributed by atoms with Gasteiger partial charge in [0.15, 0.2) is 0 Å². The van der Waals surface area contributed by atoms with Crippen LogP contribution in [0.1, 0.15) is 20.3 Å². The van der Waals surface area contributed by atoms with Gasteiger partial charge in [0, 0.05) is 11.7 Å². The lowest BCUT2D eigenvalue weighted by molar-refractivity contribution is 0.580. The molecule has 0 aromatic carbocycles. The quantitative estimate of drug-likeness (QED) is 0.628. The highest BCUT2D eigenvalue weighted by molar-refractivity contribution is 5.22. The van der Waals surface area contributed by atoms with Crippen LogP contribution in [0.3, 0.4) is 0 Å². The van der Waals surface area contributed by atoms with Crippen LogP contribution in [-0.2, 0) is 0 Å². The Hall–Kier alpha value is -0.980. The Morgan fingerprint density at radius 3 is 2.42 bits per heavy atom. The maximum Gasteiger partial charge on any atom is 0.0336 e. The van der Waals surface area contributed by atoms with Crippen LogP contribution in [0.5, 0.6) is 0 Å². The first kappa shape index (κ1) is 9.11. The highest BCUT2D eigenvalue weighted by Gasteiger charge is 2.45. The molecule has 1 atom stereocenters. The van der Waals surface area contributed by atoms with Crippen molar-refractivity contribution in [2.24, 2.45) is 5.41 Å². The topological polar surface area (TPSA) is 12.0 Å². The van der Waals surface area contributed by atoms with Crippen LogP contribution in [0.2, 0.25) is 0 Å². The van der Waals surface area contributed by atoms with Gasteiger partial charge in [-0.25, -0.2) is 0 Å². The van der Waals surface area contributed by atoms with Gasteiger partial charge in [-0.05, 0) is 24.0 Å². The molecule has 1 nitrogen and oxygen atoms in total. The van der Waals surface area contributed by atoms with E-state index in [1.54, 1.807) is 6.08 Å². The zero-order chi connectivity index (χ0) is 9.19. The van der Waals surface area contributed by atoms with Crippen molar-refractivity contribution in [1.29, 1.82) is 0 Å². The fourth-order valence-electron chi connectivity index (χ4n) is 1.22. The smallest absolute Gasteiger partial charge is 0.0336 e. The minimum absolute atomic E-state index is 0.462. The van der Waals surface area contributed by atoms with Gasteiger partial charge in [-0.1, -0.05) is 33.1 Å². The second-order valence-corrected chi connectivity index (χ2v) is 3.95. The molecule has 66 valence electrons. The molecule has 0 radical (unpaired) electrons. The average Bonchev–Trinajstić information content (AvgIpc) is 2.58. The maximum absolute atomic E-state index is 3.73. The van der Waals surface area contributed by atoms with Gasteiger partial charge in [-0.2, -0.15) is 0 Å². The summed E-state index contributed by atoms with van der Waals surface area (Å²) in [6.45, 7) is 11.9. The highest BCUT2D eigenvalue weighted by Crippen LogP contribution is 2.45. The molecule has 1 N–H and O–H groups in total. The van der Waals surface area contributed by atoms with Crippen molar-refractivity contribution in [2.75, 3.05) is 0 Å². The molecule has 0 heterocycles. The fourth-order valence-corrected chi connectivity index (χ4v) is 1.22. The summed E-state index contributed by atoms with van der Waals surface area (Å²) < 4.78 is 0. The van der Waals surface area contributed by atoms with Gasteiger partial charge >= 0.3 is 0 Å². The summed E-state index contributed by atoms with van der Waals surface area (Å²) in [4.78, 5) is 0. The number of nitrogens with one attached hydrogen (secondary N) is 1. The van der Waals surface area contributed by atoms with Gasteiger partial charge in [-0.15, -0.1) is 0 Å². The van der Waals surface area contributed by atoms with E-state index in [1.807, 2.05) is 12.2 Å². The lowest BCUT2D eigenvalue weighted by atomic mass is 10.2. The summed E-state index contributed by atoms with van der Waals surface area (Å²) in [5, 5.41) is 3.40. The number of rotatable bonds is 4. The van der Waals surface area contributed by atoms with Crippen molar-refractivity contribution in [3.63, 3.8) is 0 Å². The minimum atomic E-state index is 0.462. The SMILES string of the molecule is C=C/C=C(\C=C)NC1CC1(C)C. The third kappa shape index (κ3) is 2.00. The maximum atomic E-state index is 3.73. The van der Waals surface area contributed by atoms with E-state index < -0.39 is 0 Å². The number of hydrogen-bond acceptors (Lipinski definition) is 1. The molecule has 1 rings (SSSR count). The van der Waals surface area contributed by atoms with E-state index in [2.05, 4.69) is 32.3 Å². The molecule has 1 unspecified atom stereocenters. The van der Waals surface area contributed by atoms with E-state index in [4.69, 9.17) is 0 Å². The summed E-state index contributed by atoms with van der Waals surface area (Å²) in [5.41, 5.74) is 1.53. The summed E-state index contributed by atoms with van der Waals surface area (Å²) in [7, 11) is 0. The molecular weight excluding hydrogens is 146 g/mol. The first-order valence-electron chi connectivity index (χ1n) is 4.32. The van der Waals surface area contributed by atoms with Gasteiger partial charge in [-0.3, -0.25) is 0 Å². The standard InChI is InChI=1S/C11H17N/c1-5-7-9(6-2)12-10-8-11(10,3)4/h5-7,10,12H,1-2,8H2,3-4H3/b9-7+. The van der Waals surface area contributed by atoms with Crippen molar-refractivity contribution in [3.8, 4) is 0 Å². The lowest BCUT2D eigenvalue weighted by Gasteiger charge is -2.07. The number of hydrogen-bond donors (Lipinski definition) is 1. The van der Waals surface area contributed by atoms with Gasteiger partial charge in [0.1, 0.15) is 0 Å². The molecule has 0 aromatic rings. The van der Waals surface area contributed by atoms with Crippen LogP contribution >= 0.6 is 0 Å². The van der Waals surface area contributed by atoms with Gasteiger partial charge < -0.3 is 5.32 Å². The normalized spacial score (nSPS) is 26.2. The summed E-state index contributed by atoms with van der Waals surface area (Å²) in [6.07, 6.45) is 6.80.